The minimum Gasteiger partial charge on any atom is -0.494 e. The molecule has 20 heavy (non-hydrogen) atoms. The minimum atomic E-state index is -0.281. The van der Waals surface area contributed by atoms with Crippen LogP contribution in [0.2, 0.25) is 0 Å². The highest BCUT2D eigenvalue weighted by Gasteiger charge is 2.50. The van der Waals surface area contributed by atoms with Crippen molar-refractivity contribution in [1.29, 1.82) is 0 Å². The molecule has 0 radical (unpaired) electrons. The molecule has 110 valence electrons. The van der Waals surface area contributed by atoms with E-state index in [0.717, 1.165) is 30.3 Å². The van der Waals surface area contributed by atoms with Crippen molar-refractivity contribution in [3.05, 3.63) is 29.6 Å². The topological polar surface area (TPSA) is 18.5 Å². The van der Waals surface area contributed by atoms with E-state index in [-0.39, 0.29) is 11.2 Å². The summed E-state index contributed by atoms with van der Waals surface area (Å²) in [6.45, 7) is 0.825. The predicted octanol–water partition coefficient (Wildman–Crippen LogP) is 3.96. The molecule has 2 aliphatic rings. The van der Waals surface area contributed by atoms with Crippen molar-refractivity contribution >= 4 is 15.9 Å². The third-order valence-corrected chi connectivity index (χ3v) is 5.71. The highest BCUT2D eigenvalue weighted by Crippen LogP contribution is 2.50. The SMILES string of the molecule is COc1ccc(CC2(CBr)CCOC2C2CC2)cc1F. The Kier molecular flexibility index (Phi) is 4.04. The molecule has 0 bridgehead atoms. The number of methoxy groups -OCH3 is 1. The smallest absolute Gasteiger partial charge is 0.165 e. The molecule has 0 N–H and O–H groups in total. The molecule has 1 aromatic rings. The summed E-state index contributed by atoms with van der Waals surface area (Å²) in [4.78, 5) is 0. The maximum Gasteiger partial charge on any atom is 0.165 e. The van der Waals surface area contributed by atoms with Crippen LogP contribution < -0.4 is 4.74 Å². The Morgan fingerprint density at radius 2 is 2.25 bits per heavy atom. The van der Waals surface area contributed by atoms with Crippen molar-refractivity contribution in [2.75, 3.05) is 19.0 Å². The monoisotopic (exact) mass is 342 g/mol. The van der Waals surface area contributed by atoms with Crippen LogP contribution in [0.4, 0.5) is 4.39 Å². The lowest BCUT2D eigenvalue weighted by Crippen LogP contribution is -2.36. The van der Waals surface area contributed by atoms with Gasteiger partial charge in [0.25, 0.3) is 0 Å². The molecule has 1 saturated carbocycles. The van der Waals surface area contributed by atoms with Gasteiger partial charge in [-0.15, -0.1) is 0 Å². The summed E-state index contributed by atoms with van der Waals surface area (Å²) in [5.41, 5.74) is 1.14. The molecule has 2 nitrogen and oxygen atoms in total. The summed E-state index contributed by atoms with van der Waals surface area (Å²) in [5, 5.41) is 0.912. The summed E-state index contributed by atoms with van der Waals surface area (Å²) in [6.07, 6.45) is 4.78. The zero-order valence-electron chi connectivity index (χ0n) is 11.7. The van der Waals surface area contributed by atoms with Crippen molar-refractivity contribution in [2.24, 2.45) is 11.3 Å². The second kappa shape index (κ2) is 5.64. The summed E-state index contributed by atoms with van der Waals surface area (Å²) in [6, 6.07) is 5.29. The molecule has 1 saturated heterocycles. The van der Waals surface area contributed by atoms with Crippen LogP contribution in [0.5, 0.6) is 5.75 Å². The zero-order valence-corrected chi connectivity index (χ0v) is 13.3. The van der Waals surface area contributed by atoms with Gasteiger partial charge in [0.15, 0.2) is 11.6 Å². The second-order valence-electron chi connectivity index (χ2n) is 6.02. The fourth-order valence-electron chi connectivity index (χ4n) is 3.35. The molecule has 1 aliphatic carbocycles. The number of halogens is 2. The van der Waals surface area contributed by atoms with Crippen molar-refractivity contribution < 1.29 is 13.9 Å². The number of benzene rings is 1. The van der Waals surface area contributed by atoms with Crippen molar-refractivity contribution in [1.82, 2.24) is 0 Å². The van der Waals surface area contributed by atoms with Crippen LogP contribution in [0.15, 0.2) is 18.2 Å². The van der Waals surface area contributed by atoms with Crippen LogP contribution in [0.3, 0.4) is 0 Å². The third-order valence-electron chi connectivity index (χ3n) is 4.59. The van der Waals surface area contributed by atoms with Crippen LogP contribution >= 0.6 is 15.9 Å². The van der Waals surface area contributed by atoms with E-state index in [1.165, 1.54) is 20.0 Å². The summed E-state index contributed by atoms with van der Waals surface area (Å²) in [5.74, 6) is 0.734. The Balaban J connectivity index is 1.82. The first-order valence-corrected chi connectivity index (χ1v) is 8.31. The van der Waals surface area contributed by atoms with Gasteiger partial charge in [-0.1, -0.05) is 22.0 Å². The number of hydrogen-bond acceptors (Lipinski definition) is 2. The average molecular weight is 343 g/mol. The summed E-state index contributed by atoms with van der Waals surface area (Å²) in [7, 11) is 1.49. The average Bonchev–Trinajstić information content (AvgIpc) is 3.21. The fraction of sp³-hybridized carbons (Fsp3) is 0.625. The molecule has 3 rings (SSSR count). The van der Waals surface area contributed by atoms with Gasteiger partial charge in [0, 0.05) is 17.4 Å². The molecular weight excluding hydrogens is 323 g/mol. The third kappa shape index (κ3) is 2.60. The van der Waals surface area contributed by atoms with Crippen LogP contribution in [0.1, 0.15) is 24.8 Å². The number of alkyl halides is 1. The Morgan fingerprint density at radius 1 is 1.45 bits per heavy atom. The first-order valence-electron chi connectivity index (χ1n) is 7.18. The second-order valence-corrected chi connectivity index (χ2v) is 6.58. The van der Waals surface area contributed by atoms with Crippen molar-refractivity contribution in [3.8, 4) is 5.75 Å². The highest BCUT2D eigenvalue weighted by molar-refractivity contribution is 9.09. The predicted molar refractivity (Wildman–Crippen MR) is 80.0 cm³/mol. The molecule has 0 spiro atoms. The van der Waals surface area contributed by atoms with Gasteiger partial charge in [0.05, 0.1) is 13.2 Å². The number of rotatable bonds is 5. The van der Waals surface area contributed by atoms with E-state index < -0.39 is 0 Å². The van der Waals surface area contributed by atoms with Gasteiger partial charge >= 0.3 is 0 Å². The van der Waals surface area contributed by atoms with Crippen LogP contribution in [0, 0.1) is 17.2 Å². The maximum absolute atomic E-state index is 13.9. The van der Waals surface area contributed by atoms with Crippen LogP contribution in [0.25, 0.3) is 0 Å². The van der Waals surface area contributed by atoms with Gasteiger partial charge in [0.2, 0.25) is 0 Å². The lowest BCUT2D eigenvalue weighted by molar-refractivity contribution is 0.0413. The Hall–Kier alpha value is -0.610. The zero-order chi connectivity index (χ0) is 14.2. The molecule has 1 heterocycles. The lowest BCUT2D eigenvalue weighted by atomic mass is 9.76. The Labute approximate surface area is 127 Å². The number of hydrogen-bond donors (Lipinski definition) is 0. The Morgan fingerprint density at radius 3 is 2.85 bits per heavy atom. The normalized spacial score (nSPS) is 29.6. The van der Waals surface area contributed by atoms with E-state index in [9.17, 15) is 4.39 Å². The van der Waals surface area contributed by atoms with E-state index >= 15 is 0 Å². The summed E-state index contributed by atoms with van der Waals surface area (Å²) >= 11 is 3.68. The minimum absolute atomic E-state index is 0.113. The molecule has 0 amide bonds. The standard InChI is InChI=1S/C16H20BrFO2/c1-19-14-5-2-11(8-13(14)18)9-16(10-17)6-7-20-15(16)12-3-4-12/h2,5,8,12,15H,3-4,6-7,9-10H2,1H3. The molecule has 2 unspecified atom stereocenters. The number of ether oxygens (including phenoxy) is 2. The van der Waals surface area contributed by atoms with E-state index in [1.54, 1.807) is 12.1 Å². The first-order chi connectivity index (χ1) is 9.68. The van der Waals surface area contributed by atoms with Gasteiger partial charge < -0.3 is 9.47 Å². The lowest BCUT2D eigenvalue weighted by Gasteiger charge is -2.32. The Bertz CT molecular complexity index is 489. The molecule has 1 aliphatic heterocycles. The van der Waals surface area contributed by atoms with E-state index in [0.29, 0.717) is 17.8 Å². The van der Waals surface area contributed by atoms with Gasteiger partial charge in [-0.05, 0) is 49.3 Å². The molecule has 4 heteroatoms. The van der Waals surface area contributed by atoms with Gasteiger partial charge in [0.1, 0.15) is 0 Å². The van der Waals surface area contributed by atoms with Crippen molar-refractivity contribution in [3.63, 3.8) is 0 Å². The molecular formula is C16H20BrFO2. The van der Waals surface area contributed by atoms with Gasteiger partial charge in [-0.3, -0.25) is 0 Å². The quantitative estimate of drug-likeness (QED) is 0.754. The van der Waals surface area contributed by atoms with E-state index in [2.05, 4.69) is 15.9 Å². The fourth-order valence-corrected chi connectivity index (χ4v) is 4.15. The van der Waals surface area contributed by atoms with Gasteiger partial charge in [-0.25, -0.2) is 4.39 Å². The molecule has 2 fully saturated rings. The highest BCUT2D eigenvalue weighted by atomic mass is 79.9. The van der Waals surface area contributed by atoms with Crippen LogP contribution in [-0.2, 0) is 11.2 Å². The maximum atomic E-state index is 13.9. The van der Waals surface area contributed by atoms with Crippen molar-refractivity contribution in [2.45, 2.75) is 31.8 Å². The first kappa shape index (κ1) is 14.3. The van der Waals surface area contributed by atoms with E-state index in [1.807, 2.05) is 6.07 Å². The molecule has 1 aromatic carbocycles. The molecule has 0 aromatic heterocycles. The van der Waals surface area contributed by atoms with E-state index in [4.69, 9.17) is 9.47 Å². The van der Waals surface area contributed by atoms with Crippen LogP contribution in [-0.4, -0.2) is 25.2 Å². The largest absolute Gasteiger partial charge is 0.494 e. The van der Waals surface area contributed by atoms with Gasteiger partial charge in [-0.2, -0.15) is 0 Å². The molecule has 2 atom stereocenters. The summed E-state index contributed by atoms with van der Waals surface area (Å²) < 4.78 is 24.8.